The van der Waals surface area contributed by atoms with Gasteiger partial charge in [0.25, 0.3) is 0 Å². The van der Waals surface area contributed by atoms with Crippen LogP contribution in [-0.4, -0.2) is 25.6 Å². The molecular weight excluding hydrogens is 232 g/mol. The average Bonchev–Trinajstić information content (AvgIpc) is 2.09. The highest BCUT2D eigenvalue weighted by Crippen LogP contribution is 2.51. The smallest absolute Gasteiger partial charge is 0.304 e. The van der Waals surface area contributed by atoms with Crippen molar-refractivity contribution in [2.24, 2.45) is 0 Å². The molecule has 15 heavy (non-hydrogen) atoms. The zero-order valence-electron chi connectivity index (χ0n) is 8.00. The van der Waals surface area contributed by atoms with Crippen LogP contribution in [0.5, 0.6) is 0 Å². The molecule has 0 rings (SSSR count). The lowest BCUT2D eigenvalue weighted by atomic mass is 10.7. The van der Waals surface area contributed by atoms with Crippen molar-refractivity contribution in [3.8, 4) is 0 Å². The van der Waals surface area contributed by atoms with Crippen LogP contribution in [0.25, 0.3) is 0 Å². The zero-order valence-corrected chi connectivity index (χ0v) is 8.89. The van der Waals surface area contributed by atoms with E-state index in [-0.39, 0.29) is 13.2 Å². The molecular formula is C8H12F3O3P. The van der Waals surface area contributed by atoms with Gasteiger partial charge in [-0.05, 0) is 0 Å². The summed E-state index contributed by atoms with van der Waals surface area (Å²) in [5.74, 6) is 0. The van der Waals surface area contributed by atoms with Crippen molar-refractivity contribution in [3.05, 3.63) is 25.3 Å². The van der Waals surface area contributed by atoms with E-state index in [9.17, 15) is 17.7 Å². The standard InChI is InChI=1S/C8H12F3O3P/c1-3-5-13-15(12,14-6-4-2)7-8(9,10)11/h3-4H,1-2,5-7H2. The van der Waals surface area contributed by atoms with E-state index in [2.05, 4.69) is 22.2 Å². The van der Waals surface area contributed by atoms with E-state index in [0.717, 1.165) is 0 Å². The Morgan fingerprint density at radius 1 is 1.13 bits per heavy atom. The van der Waals surface area contributed by atoms with E-state index < -0.39 is 19.9 Å². The lowest BCUT2D eigenvalue weighted by molar-refractivity contribution is -0.110. The molecule has 0 amide bonds. The second-order valence-corrected chi connectivity index (χ2v) is 4.61. The van der Waals surface area contributed by atoms with Gasteiger partial charge in [0, 0.05) is 0 Å². The topological polar surface area (TPSA) is 35.5 Å². The Hall–Kier alpha value is -0.580. The van der Waals surface area contributed by atoms with Crippen molar-refractivity contribution in [3.63, 3.8) is 0 Å². The third-order valence-corrected chi connectivity index (χ3v) is 2.98. The molecule has 0 radical (unpaired) electrons. The summed E-state index contributed by atoms with van der Waals surface area (Å²) in [6, 6.07) is 0. The summed E-state index contributed by atoms with van der Waals surface area (Å²) in [7, 11) is -4.14. The van der Waals surface area contributed by atoms with Crippen molar-refractivity contribution in [1.29, 1.82) is 0 Å². The van der Waals surface area contributed by atoms with Crippen molar-refractivity contribution in [2.45, 2.75) is 6.18 Å². The van der Waals surface area contributed by atoms with Gasteiger partial charge in [-0.25, -0.2) is 0 Å². The van der Waals surface area contributed by atoms with Crippen LogP contribution in [-0.2, 0) is 13.6 Å². The summed E-state index contributed by atoms with van der Waals surface area (Å²) in [6.07, 6.45) is -3.82. The Balaban J connectivity index is 4.46. The Morgan fingerprint density at radius 2 is 1.53 bits per heavy atom. The monoisotopic (exact) mass is 244 g/mol. The summed E-state index contributed by atoms with van der Waals surface area (Å²) in [4.78, 5) is 0. The molecule has 0 N–H and O–H groups in total. The molecule has 0 spiro atoms. The van der Waals surface area contributed by atoms with Crippen LogP contribution in [0.1, 0.15) is 0 Å². The van der Waals surface area contributed by atoms with Crippen LogP contribution < -0.4 is 0 Å². The summed E-state index contributed by atoms with van der Waals surface area (Å²) in [5.41, 5.74) is 0. The van der Waals surface area contributed by atoms with E-state index in [0.29, 0.717) is 0 Å². The molecule has 0 aliphatic rings. The van der Waals surface area contributed by atoms with E-state index in [1.807, 2.05) is 0 Å². The highest BCUT2D eigenvalue weighted by Gasteiger charge is 2.41. The summed E-state index contributed by atoms with van der Waals surface area (Å²) >= 11 is 0. The van der Waals surface area contributed by atoms with Gasteiger partial charge in [0.05, 0.1) is 13.2 Å². The number of halogens is 3. The van der Waals surface area contributed by atoms with Crippen molar-refractivity contribution in [1.82, 2.24) is 0 Å². The Kier molecular flexibility index (Phi) is 5.87. The molecule has 0 aromatic heterocycles. The third-order valence-electron chi connectivity index (χ3n) is 1.15. The molecule has 0 unspecified atom stereocenters. The quantitative estimate of drug-likeness (QED) is 0.509. The first kappa shape index (κ1) is 14.4. The minimum atomic E-state index is -4.60. The highest BCUT2D eigenvalue weighted by molar-refractivity contribution is 7.53. The van der Waals surface area contributed by atoms with E-state index in [1.54, 1.807) is 0 Å². The second-order valence-electron chi connectivity index (χ2n) is 2.55. The maximum Gasteiger partial charge on any atom is 0.400 e. The molecule has 0 atom stereocenters. The van der Waals surface area contributed by atoms with Crippen LogP contribution >= 0.6 is 7.60 Å². The largest absolute Gasteiger partial charge is 0.400 e. The normalized spacial score (nSPS) is 12.5. The van der Waals surface area contributed by atoms with Crippen molar-refractivity contribution >= 4 is 7.60 Å². The number of alkyl halides is 3. The van der Waals surface area contributed by atoms with Gasteiger partial charge in [0.1, 0.15) is 6.16 Å². The molecule has 0 saturated heterocycles. The molecule has 0 bridgehead atoms. The maximum absolute atomic E-state index is 12.0. The van der Waals surface area contributed by atoms with Crippen LogP contribution in [0.2, 0.25) is 0 Å². The fraction of sp³-hybridized carbons (Fsp3) is 0.500. The fourth-order valence-electron chi connectivity index (χ4n) is 0.681. The Labute approximate surface area is 86.1 Å². The zero-order chi connectivity index (χ0) is 11.9. The minimum absolute atomic E-state index is 0.259. The lowest BCUT2D eigenvalue weighted by Gasteiger charge is -2.18. The first-order valence-electron chi connectivity index (χ1n) is 3.99. The number of hydrogen-bond acceptors (Lipinski definition) is 3. The molecule has 7 heteroatoms. The molecule has 0 aromatic carbocycles. The SMILES string of the molecule is C=CCOP(=O)(CC(F)(F)F)OCC=C. The molecule has 3 nitrogen and oxygen atoms in total. The van der Waals surface area contributed by atoms with E-state index in [4.69, 9.17) is 0 Å². The van der Waals surface area contributed by atoms with Crippen LogP contribution in [0, 0.1) is 0 Å². The van der Waals surface area contributed by atoms with Crippen molar-refractivity contribution < 1.29 is 26.8 Å². The highest BCUT2D eigenvalue weighted by atomic mass is 31.2. The summed E-state index contributed by atoms with van der Waals surface area (Å²) < 4.78 is 56.6. The van der Waals surface area contributed by atoms with Gasteiger partial charge in [-0.3, -0.25) is 4.57 Å². The van der Waals surface area contributed by atoms with Crippen LogP contribution in [0.4, 0.5) is 13.2 Å². The third kappa shape index (κ3) is 7.36. The number of hydrogen-bond donors (Lipinski definition) is 0. The Bertz CT molecular complexity index is 246. The van der Waals surface area contributed by atoms with Gasteiger partial charge >= 0.3 is 13.8 Å². The number of rotatable bonds is 7. The first-order chi connectivity index (χ1) is 6.83. The van der Waals surface area contributed by atoms with E-state index >= 15 is 0 Å². The average molecular weight is 244 g/mol. The molecule has 0 saturated carbocycles. The predicted molar refractivity (Wildman–Crippen MR) is 50.8 cm³/mol. The molecule has 0 aliphatic carbocycles. The van der Waals surface area contributed by atoms with Gasteiger partial charge in [0.15, 0.2) is 0 Å². The molecule has 88 valence electrons. The summed E-state index contributed by atoms with van der Waals surface area (Å²) in [6.45, 7) is 5.96. The van der Waals surface area contributed by atoms with Crippen LogP contribution in [0.3, 0.4) is 0 Å². The first-order valence-corrected chi connectivity index (χ1v) is 5.72. The molecule has 0 aliphatic heterocycles. The summed E-state index contributed by atoms with van der Waals surface area (Å²) in [5, 5.41) is 0. The molecule has 0 heterocycles. The molecule has 0 fully saturated rings. The van der Waals surface area contributed by atoms with Crippen molar-refractivity contribution in [2.75, 3.05) is 19.4 Å². The molecule has 0 aromatic rings. The lowest BCUT2D eigenvalue weighted by Crippen LogP contribution is -2.17. The van der Waals surface area contributed by atoms with Gasteiger partial charge < -0.3 is 9.05 Å². The van der Waals surface area contributed by atoms with Gasteiger partial charge in [-0.2, -0.15) is 13.2 Å². The fourth-order valence-corrected chi connectivity index (χ4v) is 2.04. The van der Waals surface area contributed by atoms with Gasteiger partial charge in [-0.1, -0.05) is 12.2 Å². The maximum atomic E-state index is 12.0. The Morgan fingerprint density at radius 3 is 1.80 bits per heavy atom. The van der Waals surface area contributed by atoms with Crippen LogP contribution in [0.15, 0.2) is 25.3 Å². The second kappa shape index (κ2) is 6.10. The van der Waals surface area contributed by atoms with E-state index in [1.165, 1.54) is 12.2 Å². The van der Waals surface area contributed by atoms with Gasteiger partial charge in [0.2, 0.25) is 0 Å². The predicted octanol–water partition coefficient (Wildman–Crippen LogP) is 3.15. The van der Waals surface area contributed by atoms with Gasteiger partial charge in [-0.15, -0.1) is 13.2 Å². The minimum Gasteiger partial charge on any atom is -0.304 e.